The molecular weight excluding hydrogens is 198 g/mol. The lowest BCUT2D eigenvalue weighted by Crippen LogP contribution is -1.98. The van der Waals surface area contributed by atoms with Gasteiger partial charge in [-0.25, -0.2) is 4.98 Å². The summed E-state index contributed by atoms with van der Waals surface area (Å²) in [5.41, 5.74) is 9.29. The van der Waals surface area contributed by atoms with E-state index in [0.29, 0.717) is 0 Å². The van der Waals surface area contributed by atoms with Gasteiger partial charge in [0.15, 0.2) is 0 Å². The Kier molecular flexibility index (Phi) is 2.69. The molecule has 0 spiro atoms. The predicted octanol–water partition coefficient (Wildman–Crippen LogP) is 2.54. The molecule has 1 aromatic heterocycles. The topological polar surface area (TPSA) is 43.8 Å². The number of nitrogens with two attached hydrogens (primary N) is 1. The van der Waals surface area contributed by atoms with E-state index in [4.69, 9.17) is 5.73 Å². The number of nitrogens with zero attached hydrogens (tertiary/aromatic N) is 2. The Morgan fingerprint density at radius 2 is 1.88 bits per heavy atom. The lowest BCUT2D eigenvalue weighted by Gasteiger charge is -2.01. The standard InChI is InChI=1S/C13H17N3/c1-4-10-5-7-11(8-6-10)12-13(14)16(3)9(2)15-12/h5-8H,4,14H2,1-3H3. The molecule has 2 aromatic rings. The Balaban J connectivity index is 2.46. The van der Waals surface area contributed by atoms with Gasteiger partial charge in [0, 0.05) is 12.6 Å². The van der Waals surface area contributed by atoms with Crippen LogP contribution in [-0.4, -0.2) is 9.55 Å². The first-order valence-corrected chi connectivity index (χ1v) is 5.51. The van der Waals surface area contributed by atoms with Gasteiger partial charge in [0.25, 0.3) is 0 Å². The minimum atomic E-state index is 0.724. The zero-order valence-electron chi connectivity index (χ0n) is 9.99. The molecule has 0 atom stereocenters. The quantitative estimate of drug-likeness (QED) is 0.836. The van der Waals surface area contributed by atoms with E-state index in [9.17, 15) is 0 Å². The van der Waals surface area contributed by atoms with E-state index in [1.54, 1.807) is 0 Å². The average molecular weight is 215 g/mol. The molecule has 0 aliphatic rings. The highest BCUT2D eigenvalue weighted by Gasteiger charge is 2.10. The Bertz CT molecular complexity index is 495. The smallest absolute Gasteiger partial charge is 0.131 e. The molecule has 0 bridgehead atoms. The molecule has 0 saturated carbocycles. The number of imidazole rings is 1. The summed E-state index contributed by atoms with van der Waals surface area (Å²) in [5.74, 6) is 1.66. The molecular formula is C13H17N3. The fourth-order valence-electron chi connectivity index (χ4n) is 1.74. The number of aryl methyl sites for hydroxylation is 2. The number of nitrogen functional groups attached to an aromatic ring is 1. The molecule has 2 N–H and O–H groups in total. The maximum atomic E-state index is 6.01. The van der Waals surface area contributed by atoms with Gasteiger partial charge in [-0.3, -0.25) is 0 Å². The van der Waals surface area contributed by atoms with Gasteiger partial charge in [0.1, 0.15) is 17.3 Å². The Morgan fingerprint density at radius 3 is 2.31 bits per heavy atom. The van der Waals surface area contributed by atoms with Crippen molar-refractivity contribution in [2.75, 3.05) is 5.73 Å². The number of aromatic nitrogens is 2. The van der Waals surface area contributed by atoms with E-state index in [1.165, 1.54) is 5.56 Å². The molecule has 0 aliphatic heterocycles. The van der Waals surface area contributed by atoms with E-state index in [2.05, 4.69) is 36.2 Å². The van der Waals surface area contributed by atoms with Gasteiger partial charge in [-0.2, -0.15) is 0 Å². The van der Waals surface area contributed by atoms with E-state index >= 15 is 0 Å². The minimum absolute atomic E-state index is 0.724. The van der Waals surface area contributed by atoms with Crippen molar-refractivity contribution < 1.29 is 0 Å². The van der Waals surface area contributed by atoms with Crippen LogP contribution in [0, 0.1) is 6.92 Å². The van der Waals surface area contributed by atoms with E-state index in [-0.39, 0.29) is 0 Å². The van der Waals surface area contributed by atoms with Gasteiger partial charge < -0.3 is 10.3 Å². The maximum Gasteiger partial charge on any atom is 0.131 e. The first-order valence-electron chi connectivity index (χ1n) is 5.51. The predicted molar refractivity (Wildman–Crippen MR) is 67.2 cm³/mol. The van der Waals surface area contributed by atoms with Crippen LogP contribution in [0.4, 0.5) is 5.82 Å². The average Bonchev–Trinajstić information content (AvgIpc) is 2.57. The highest BCUT2D eigenvalue weighted by atomic mass is 15.1. The monoisotopic (exact) mass is 215 g/mol. The molecule has 0 fully saturated rings. The molecule has 0 saturated heterocycles. The van der Waals surface area contributed by atoms with Crippen molar-refractivity contribution in [3.8, 4) is 11.3 Å². The van der Waals surface area contributed by atoms with Crippen LogP contribution < -0.4 is 5.73 Å². The second-order valence-corrected chi connectivity index (χ2v) is 4.00. The lowest BCUT2D eigenvalue weighted by atomic mass is 10.1. The molecule has 0 aliphatic carbocycles. The van der Waals surface area contributed by atoms with Crippen molar-refractivity contribution in [1.82, 2.24) is 9.55 Å². The van der Waals surface area contributed by atoms with Crippen molar-refractivity contribution in [2.45, 2.75) is 20.3 Å². The van der Waals surface area contributed by atoms with Crippen molar-refractivity contribution in [2.24, 2.45) is 7.05 Å². The summed E-state index contributed by atoms with van der Waals surface area (Å²) < 4.78 is 1.91. The summed E-state index contributed by atoms with van der Waals surface area (Å²) in [5, 5.41) is 0. The molecule has 1 heterocycles. The van der Waals surface area contributed by atoms with E-state index in [0.717, 1.165) is 29.3 Å². The number of hydrogen-bond donors (Lipinski definition) is 1. The second kappa shape index (κ2) is 4.00. The molecule has 3 nitrogen and oxygen atoms in total. The zero-order chi connectivity index (χ0) is 11.7. The third-order valence-electron chi connectivity index (χ3n) is 3.00. The minimum Gasteiger partial charge on any atom is -0.383 e. The van der Waals surface area contributed by atoms with Crippen LogP contribution in [0.2, 0.25) is 0 Å². The summed E-state index contributed by atoms with van der Waals surface area (Å²) in [6.07, 6.45) is 1.05. The second-order valence-electron chi connectivity index (χ2n) is 4.00. The third-order valence-corrected chi connectivity index (χ3v) is 3.00. The van der Waals surface area contributed by atoms with Crippen molar-refractivity contribution in [3.05, 3.63) is 35.7 Å². The Hall–Kier alpha value is -1.77. The van der Waals surface area contributed by atoms with Crippen LogP contribution in [0.15, 0.2) is 24.3 Å². The molecule has 0 amide bonds. The number of hydrogen-bond acceptors (Lipinski definition) is 2. The van der Waals surface area contributed by atoms with Crippen LogP contribution in [0.25, 0.3) is 11.3 Å². The van der Waals surface area contributed by atoms with E-state index in [1.807, 2.05) is 18.5 Å². The number of anilines is 1. The molecule has 2 rings (SSSR count). The summed E-state index contributed by atoms with van der Waals surface area (Å²) in [6.45, 7) is 4.11. The first-order chi connectivity index (χ1) is 7.63. The maximum absolute atomic E-state index is 6.01. The summed E-state index contributed by atoms with van der Waals surface area (Å²) in [6, 6.07) is 8.41. The van der Waals surface area contributed by atoms with Gasteiger partial charge in [0.2, 0.25) is 0 Å². The number of benzene rings is 1. The molecule has 16 heavy (non-hydrogen) atoms. The van der Waals surface area contributed by atoms with Crippen LogP contribution in [0.1, 0.15) is 18.3 Å². The number of rotatable bonds is 2. The molecule has 84 valence electrons. The van der Waals surface area contributed by atoms with Gasteiger partial charge in [-0.15, -0.1) is 0 Å². The molecule has 0 radical (unpaired) electrons. The van der Waals surface area contributed by atoms with Crippen molar-refractivity contribution >= 4 is 5.82 Å². The zero-order valence-corrected chi connectivity index (χ0v) is 9.99. The Labute approximate surface area is 95.9 Å². The van der Waals surface area contributed by atoms with Gasteiger partial charge in [-0.1, -0.05) is 31.2 Å². The lowest BCUT2D eigenvalue weighted by molar-refractivity contribution is 0.868. The normalized spacial score (nSPS) is 10.7. The SMILES string of the molecule is CCc1ccc(-c2nc(C)n(C)c2N)cc1. The van der Waals surface area contributed by atoms with Gasteiger partial charge in [-0.05, 0) is 18.9 Å². The van der Waals surface area contributed by atoms with Crippen LogP contribution >= 0.6 is 0 Å². The summed E-state index contributed by atoms with van der Waals surface area (Å²) in [4.78, 5) is 4.47. The fraction of sp³-hybridized carbons (Fsp3) is 0.308. The molecule has 3 heteroatoms. The highest BCUT2D eigenvalue weighted by molar-refractivity contribution is 5.71. The van der Waals surface area contributed by atoms with Crippen molar-refractivity contribution in [3.63, 3.8) is 0 Å². The first kappa shape index (κ1) is 10.7. The van der Waals surface area contributed by atoms with Gasteiger partial charge >= 0.3 is 0 Å². The Morgan fingerprint density at radius 1 is 1.25 bits per heavy atom. The van der Waals surface area contributed by atoms with Gasteiger partial charge in [0.05, 0.1) is 0 Å². The molecule has 0 unspecified atom stereocenters. The van der Waals surface area contributed by atoms with Crippen LogP contribution in [0.3, 0.4) is 0 Å². The fourth-order valence-corrected chi connectivity index (χ4v) is 1.74. The molecule has 1 aromatic carbocycles. The van der Waals surface area contributed by atoms with Crippen LogP contribution in [0.5, 0.6) is 0 Å². The summed E-state index contributed by atoms with van der Waals surface area (Å²) >= 11 is 0. The van der Waals surface area contributed by atoms with Crippen molar-refractivity contribution in [1.29, 1.82) is 0 Å². The van der Waals surface area contributed by atoms with Crippen LogP contribution in [-0.2, 0) is 13.5 Å². The highest BCUT2D eigenvalue weighted by Crippen LogP contribution is 2.25. The largest absolute Gasteiger partial charge is 0.383 e. The summed E-state index contributed by atoms with van der Waals surface area (Å²) in [7, 11) is 1.93. The third kappa shape index (κ3) is 1.69. The van der Waals surface area contributed by atoms with E-state index < -0.39 is 0 Å².